The summed E-state index contributed by atoms with van der Waals surface area (Å²) < 4.78 is 15.2. The van der Waals surface area contributed by atoms with Gasteiger partial charge in [0, 0.05) is 18.7 Å². The quantitative estimate of drug-likeness (QED) is 0.796. The highest BCUT2D eigenvalue weighted by molar-refractivity contribution is 5.75. The Morgan fingerprint density at radius 1 is 1.44 bits per heavy atom. The van der Waals surface area contributed by atoms with Crippen molar-refractivity contribution in [1.82, 2.24) is 14.9 Å². The fourth-order valence-corrected chi connectivity index (χ4v) is 2.37. The van der Waals surface area contributed by atoms with E-state index in [1.54, 1.807) is 0 Å². The molecule has 0 spiro atoms. The second-order valence-electron chi connectivity index (χ2n) is 4.29. The van der Waals surface area contributed by atoms with Gasteiger partial charge in [0.25, 0.3) is 0 Å². The van der Waals surface area contributed by atoms with Crippen molar-refractivity contribution in [3.05, 3.63) is 30.3 Å². The third-order valence-electron chi connectivity index (χ3n) is 3.20. The highest BCUT2D eigenvalue weighted by Crippen LogP contribution is 2.22. The lowest BCUT2D eigenvalue weighted by Crippen LogP contribution is -2.31. The Labute approximate surface area is 93.3 Å². The molecule has 3 nitrogen and oxygen atoms in total. The molecular formula is C12H14FN3. The first-order valence-electron chi connectivity index (χ1n) is 5.67. The maximum Gasteiger partial charge on any atom is 0.125 e. The first-order chi connectivity index (χ1) is 7.84. The van der Waals surface area contributed by atoms with Crippen molar-refractivity contribution in [2.75, 3.05) is 13.1 Å². The Bertz CT molecular complexity index is 500. The molecule has 1 atom stereocenters. The SMILES string of the molecule is Fc1ccc2c(c1)ncn2C1CCCNC1. The molecule has 2 heterocycles. The normalized spacial score (nSPS) is 21.4. The molecular weight excluding hydrogens is 205 g/mol. The molecule has 1 N–H and O–H groups in total. The number of aromatic nitrogens is 2. The molecule has 1 aliphatic heterocycles. The molecule has 2 aromatic rings. The van der Waals surface area contributed by atoms with Gasteiger partial charge in [-0.25, -0.2) is 9.37 Å². The highest BCUT2D eigenvalue weighted by Gasteiger charge is 2.16. The van der Waals surface area contributed by atoms with E-state index in [4.69, 9.17) is 0 Å². The van der Waals surface area contributed by atoms with Crippen LogP contribution in [0.3, 0.4) is 0 Å². The van der Waals surface area contributed by atoms with Crippen molar-refractivity contribution in [1.29, 1.82) is 0 Å². The Balaban J connectivity index is 2.03. The molecule has 16 heavy (non-hydrogen) atoms. The van der Waals surface area contributed by atoms with Gasteiger partial charge >= 0.3 is 0 Å². The van der Waals surface area contributed by atoms with E-state index in [2.05, 4.69) is 14.9 Å². The first-order valence-corrected chi connectivity index (χ1v) is 5.67. The van der Waals surface area contributed by atoms with E-state index >= 15 is 0 Å². The van der Waals surface area contributed by atoms with Crippen LogP contribution in [0.25, 0.3) is 11.0 Å². The lowest BCUT2D eigenvalue weighted by atomic mass is 10.1. The van der Waals surface area contributed by atoms with Crippen LogP contribution in [0.2, 0.25) is 0 Å². The van der Waals surface area contributed by atoms with Gasteiger partial charge in [0.15, 0.2) is 0 Å². The maximum atomic E-state index is 13.0. The number of fused-ring (bicyclic) bond motifs is 1. The molecule has 1 aromatic carbocycles. The molecule has 1 aromatic heterocycles. The molecule has 1 aliphatic rings. The minimum absolute atomic E-state index is 0.223. The summed E-state index contributed by atoms with van der Waals surface area (Å²) in [6, 6.07) is 5.25. The summed E-state index contributed by atoms with van der Waals surface area (Å²) >= 11 is 0. The third kappa shape index (κ3) is 1.59. The topological polar surface area (TPSA) is 29.9 Å². The average Bonchev–Trinajstić information content (AvgIpc) is 2.73. The van der Waals surface area contributed by atoms with Crippen LogP contribution in [-0.4, -0.2) is 22.6 Å². The molecule has 0 bridgehead atoms. The van der Waals surface area contributed by atoms with E-state index < -0.39 is 0 Å². The van der Waals surface area contributed by atoms with Gasteiger partial charge in [-0.1, -0.05) is 0 Å². The second-order valence-corrected chi connectivity index (χ2v) is 4.29. The summed E-state index contributed by atoms with van der Waals surface area (Å²) in [6.07, 6.45) is 4.17. The van der Waals surface area contributed by atoms with E-state index in [1.165, 1.54) is 18.6 Å². The lowest BCUT2D eigenvalue weighted by Gasteiger charge is -2.24. The lowest BCUT2D eigenvalue weighted by molar-refractivity contribution is 0.378. The van der Waals surface area contributed by atoms with Gasteiger partial charge in [0.1, 0.15) is 5.82 Å². The van der Waals surface area contributed by atoms with Crippen LogP contribution in [0, 0.1) is 5.82 Å². The van der Waals surface area contributed by atoms with Crippen LogP contribution in [0.5, 0.6) is 0 Å². The largest absolute Gasteiger partial charge is 0.326 e. The molecule has 0 radical (unpaired) electrons. The Hall–Kier alpha value is -1.42. The number of imidazole rings is 1. The third-order valence-corrected chi connectivity index (χ3v) is 3.20. The van der Waals surface area contributed by atoms with E-state index in [0.29, 0.717) is 6.04 Å². The Kier molecular flexibility index (Phi) is 2.36. The molecule has 0 saturated carbocycles. The molecule has 1 unspecified atom stereocenters. The molecule has 0 amide bonds. The van der Waals surface area contributed by atoms with Gasteiger partial charge in [0.2, 0.25) is 0 Å². The predicted molar refractivity (Wildman–Crippen MR) is 60.8 cm³/mol. The van der Waals surface area contributed by atoms with Crippen LogP contribution in [-0.2, 0) is 0 Å². The van der Waals surface area contributed by atoms with Gasteiger partial charge in [-0.15, -0.1) is 0 Å². The summed E-state index contributed by atoms with van der Waals surface area (Å²) in [5.74, 6) is -0.223. The van der Waals surface area contributed by atoms with Gasteiger partial charge in [0.05, 0.1) is 17.4 Å². The van der Waals surface area contributed by atoms with Crippen LogP contribution < -0.4 is 5.32 Å². The van der Waals surface area contributed by atoms with Gasteiger partial charge in [-0.05, 0) is 31.5 Å². The van der Waals surface area contributed by atoms with Crippen molar-refractivity contribution in [2.45, 2.75) is 18.9 Å². The van der Waals surface area contributed by atoms with Gasteiger partial charge in [-0.2, -0.15) is 0 Å². The fourth-order valence-electron chi connectivity index (χ4n) is 2.37. The fraction of sp³-hybridized carbons (Fsp3) is 0.417. The molecule has 4 heteroatoms. The van der Waals surface area contributed by atoms with Crippen molar-refractivity contribution in [3.63, 3.8) is 0 Å². The van der Waals surface area contributed by atoms with Crippen molar-refractivity contribution < 1.29 is 4.39 Å². The van der Waals surface area contributed by atoms with Crippen LogP contribution in [0.1, 0.15) is 18.9 Å². The minimum atomic E-state index is -0.223. The standard InChI is InChI=1S/C12H14FN3/c13-9-3-4-12-11(6-9)15-8-16(12)10-2-1-5-14-7-10/h3-4,6,8,10,14H,1-2,5,7H2. The number of hydrogen-bond donors (Lipinski definition) is 1. The number of halogens is 1. The van der Waals surface area contributed by atoms with Gasteiger partial charge in [-0.3, -0.25) is 0 Å². The molecule has 84 valence electrons. The predicted octanol–water partition coefficient (Wildman–Crippen LogP) is 2.10. The highest BCUT2D eigenvalue weighted by atomic mass is 19.1. The van der Waals surface area contributed by atoms with E-state index in [1.807, 2.05) is 12.4 Å². The summed E-state index contributed by atoms with van der Waals surface area (Å²) in [7, 11) is 0. The van der Waals surface area contributed by atoms with Crippen molar-refractivity contribution >= 4 is 11.0 Å². The number of nitrogens with zero attached hydrogens (tertiary/aromatic N) is 2. The van der Waals surface area contributed by atoms with Crippen molar-refractivity contribution in [3.8, 4) is 0 Å². The molecule has 1 saturated heterocycles. The maximum absolute atomic E-state index is 13.0. The number of hydrogen-bond acceptors (Lipinski definition) is 2. The van der Waals surface area contributed by atoms with Crippen LogP contribution >= 0.6 is 0 Å². The Morgan fingerprint density at radius 3 is 3.19 bits per heavy atom. The zero-order valence-electron chi connectivity index (χ0n) is 8.99. The molecule has 0 aliphatic carbocycles. The number of rotatable bonds is 1. The van der Waals surface area contributed by atoms with E-state index in [-0.39, 0.29) is 5.82 Å². The van der Waals surface area contributed by atoms with Crippen LogP contribution in [0.4, 0.5) is 4.39 Å². The smallest absolute Gasteiger partial charge is 0.125 e. The average molecular weight is 219 g/mol. The zero-order chi connectivity index (χ0) is 11.0. The van der Waals surface area contributed by atoms with Crippen LogP contribution in [0.15, 0.2) is 24.5 Å². The summed E-state index contributed by atoms with van der Waals surface area (Å²) in [5, 5.41) is 3.38. The van der Waals surface area contributed by atoms with Crippen molar-refractivity contribution in [2.24, 2.45) is 0 Å². The monoisotopic (exact) mass is 219 g/mol. The van der Waals surface area contributed by atoms with E-state index in [0.717, 1.165) is 30.5 Å². The second kappa shape index (κ2) is 3.87. The number of benzene rings is 1. The zero-order valence-corrected chi connectivity index (χ0v) is 8.99. The Morgan fingerprint density at radius 2 is 2.38 bits per heavy atom. The molecule has 1 fully saturated rings. The summed E-state index contributed by atoms with van der Waals surface area (Å²) in [6.45, 7) is 2.07. The number of nitrogens with one attached hydrogen (secondary N) is 1. The van der Waals surface area contributed by atoms with Gasteiger partial charge < -0.3 is 9.88 Å². The first kappa shape index (κ1) is 9.78. The minimum Gasteiger partial charge on any atom is -0.326 e. The molecule has 3 rings (SSSR count). The van der Waals surface area contributed by atoms with E-state index in [9.17, 15) is 4.39 Å². The summed E-state index contributed by atoms with van der Waals surface area (Å²) in [4.78, 5) is 4.25. The number of piperidine rings is 1. The summed E-state index contributed by atoms with van der Waals surface area (Å²) in [5.41, 5.74) is 1.76.